The van der Waals surface area contributed by atoms with Gasteiger partial charge in [0, 0.05) is 19.6 Å². The molecular formula is C15H21FN2O2. The Morgan fingerprint density at radius 1 is 1.40 bits per heavy atom. The molecule has 110 valence electrons. The van der Waals surface area contributed by atoms with Gasteiger partial charge in [0.1, 0.15) is 5.82 Å². The van der Waals surface area contributed by atoms with Gasteiger partial charge >= 0.3 is 0 Å². The van der Waals surface area contributed by atoms with Crippen molar-refractivity contribution in [2.75, 3.05) is 13.1 Å². The van der Waals surface area contributed by atoms with Crippen molar-refractivity contribution in [2.45, 2.75) is 27.0 Å². The van der Waals surface area contributed by atoms with Crippen LogP contribution in [0.5, 0.6) is 0 Å². The third-order valence-corrected chi connectivity index (χ3v) is 2.80. The van der Waals surface area contributed by atoms with Gasteiger partial charge in [-0.25, -0.2) is 4.39 Å². The molecule has 1 aromatic carbocycles. The Morgan fingerprint density at radius 2 is 2.15 bits per heavy atom. The smallest absolute Gasteiger partial charge is 0.210 e. The van der Waals surface area contributed by atoms with Gasteiger partial charge in [-0.15, -0.1) is 0 Å². The summed E-state index contributed by atoms with van der Waals surface area (Å²) in [5.41, 5.74) is 2.41. The lowest BCUT2D eigenvalue weighted by Crippen LogP contribution is -2.29. The number of allylic oxidation sites excluding steroid dienone is 1. The first-order valence-corrected chi connectivity index (χ1v) is 6.51. The van der Waals surface area contributed by atoms with E-state index in [9.17, 15) is 14.3 Å². The molecule has 0 aliphatic carbocycles. The van der Waals surface area contributed by atoms with E-state index in [0.29, 0.717) is 24.2 Å². The topological polar surface area (TPSA) is 52.6 Å². The van der Waals surface area contributed by atoms with Crippen molar-refractivity contribution < 1.29 is 14.3 Å². The zero-order valence-electron chi connectivity index (χ0n) is 11.9. The van der Waals surface area contributed by atoms with Gasteiger partial charge in [0.15, 0.2) is 0 Å². The van der Waals surface area contributed by atoms with Crippen LogP contribution in [0.2, 0.25) is 0 Å². The van der Waals surface area contributed by atoms with E-state index in [4.69, 9.17) is 0 Å². The van der Waals surface area contributed by atoms with E-state index < -0.39 is 0 Å². The van der Waals surface area contributed by atoms with Crippen LogP contribution in [-0.2, 0) is 17.9 Å². The number of aliphatic hydroxyl groups excluding tert-OH is 1. The van der Waals surface area contributed by atoms with Crippen LogP contribution in [0, 0.1) is 5.82 Å². The Kier molecular flexibility index (Phi) is 6.73. The molecule has 1 amide bonds. The maximum atomic E-state index is 13.2. The molecule has 0 fully saturated rings. The average molecular weight is 280 g/mol. The summed E-state index contributed by atoms with van der Waals surface area (Å²) < 4.78 is 13.2. The Bertz CT molecular complexity index is 471. The Morgan fingerprint density at radius 3 is 2.75 bits per heavy atom. The summed E-state index contributed by atoms with van der Waals surface area (Å²) in [6.07, 6.45) is 2.61. The van der Waals surface area contributed by atoms with Crippen LogP contribution in [0.4, 0.5) is 4.39 Å². The monoisotopic (exact) mass is 280 g/mol. The maximum absolute atomic E-state index is 13.2. The van der Waals surface area contributed by atoms with Gasteiger partial charge in [-0.05, 0) is 43.3 Å². The summed E-state index contributed by atoms with van der Waals surface area (Å²) in [6.45, 7) is 5.20. The minimum atomic E-state index is -0.370. The highest BCUT2D eigenvalue weighted by Crippen LogP contribution is 2.13. The normalized spacial score (nSPS) is 10.0. The number of nitrogens with one attached hydrogen (secondary N) is 1. The van der Waals surface area contributed by atoms with Gasteiger partial charge in [0.05, 0.1) is 6.61 Å². The van der Waals surface area contributed by atoms with Gasteiger partial charge in [-0.3, -0.25) is 4.79 Å². The first kappa shape index (κ1) is 16.2. The molecule has 0 atom stereocenters. The first-order valence-electron chi connectivity index (χ1n) is 6.51. The fourth-order valence-electron chi connectivity index (χ4n) is 1.77. The molecule has 0 aliphatic heterocycles. The lowest BCUT2D eigenvalue weighted by atomic mass is 10.1. The number of halogens is 1. The van der Waals surface area contributed by atoms with Gasteiger partial charge in [-0.2, -0.15) is 0 Å². The van der Waals surface area contributed by atoms with E-state index in [-0.39, 0.29) is 19.0 Å². The number of benzene rings is 1. The molecule has 0 saturated heterocycles. The zero-order chi connectivity index (χ0) is 15.0. The number of rotatable bonds is 8. The molecule has 1 aromatic rings. The summed E-state index contributed by atoms with van der Waals surface area (Å²) >= 11 is 0. The van der Waals surface area contributed by atoms with Gasteiger partial charge in [0.2, 0.25) is 6.41 Å². The predicted octanol–water partition coefficient (Wildman–Crippen LogP) is 1.79. The summed E-state index contributed by atoms with van der Waals surface area (Å²) in [6, 6.07) is 4.19. The third kappa shape index (κ3) is 5.40. The van der Waals surface area contributed by atoms with E-state index in [0.717, 1.165) is 12.0 Å². The van der Waals surface area contributed by atoms with E-state index in [1.54, 1.807) is 4.90 Å². The first-order chi connectivity index (χ1) is 9.56. The lowest BCUT2D eigenvalue weighted by Gasteiger charge is -2.19. The molecule has 0 unspecified atom stereocenters. The quantitative estimate of drug-likeness (QED) is 0.564. The number of hydrogen-bond acceptors (Lipinski definition) is 3. The standard InChI is InChI=1S/C15H21FN2O2/c1-12(2)8-17-5-6-18(11-20)9-14-7-15(16)4-3-13(14)10-19/h3-4,7-8,11,17,19H,5-6,9-10H2,1-2H3. The molecule has 2 N–H and O–H groups in total. The predicted molar refractivity (Wildman–Crippen MR) is 76.2 cm³/mol. The van der Waals surface area contributed by atoms with Crippen molar-refractivity contribution in [1.29, 1.82) is 0 Å². The average Bonchev–Trinajstić information content (AvgIpc) is 2.42. The minimum Gasteiger partial charge on any atom is -0.392 e. The molecular weight excluding hydrogens is 259 g/mol. The second kappa shape index (κ2) is 8.32. The molecule has 0 radical (unpaired) electrons. The highest BCUT2D eigenvalue weighted by Gasteiger charge is 2.08. The van der Waals surface area contributed by atoms with Gasteiger partial charge in [-0.1, -0.05) is 11.6 Å². The highest BCUT2D eigenvalue weighted by molar-refractivity contribution is 5.47. The van der Waals surface area contributed by atoms with Crippen LogP contribution in [-0.4, -0.2) is 29.5 Å². The van der Waals surface area contributed by atoms with Gasteiger partial charge in [0.25, 0.3) is 0 Å². The summed E-state index contributed by atoms with van der Waals surface area (Å²) in [5, 5.41) is 12.3. The van der Waals surface area contributed by atoms with E-state index in [1.165, 1.54) is 18.2 Å². The van der Waals surface area contributed by atoms with Crippen molar-refractivity contribution in [1.82, 2.24) is 10.2 Å². The van der Waals surface area contributed by atoms with Crippen LogP contribution >= 0.6 is 0 Å². The Labute approximate surface area is 118 Å². The zero-order valence-corrected chi connectivity index (χ0v) is 11.9. The van der Waals surface area contributed by atoms with Crippen molar-refractivity contribution in [3.8, 4) is 0 Å². The second-order valence-corrected chi connectivity index (χ2v) is 4.82. The van der Waals surface area contributed by atoms with Crippen LogP contribution < -0.4 is 5.32 Å². The minimum absolute atomic E-state index is 0.168. The third-order valence-electron chi connectivity index (χ3n) is 2.80. The lowest BCUT2D eigenvalue weighted by molar-refractivity contribution is -0.118. The van der Waals surface area contributed by atoms with Crippen molar-refractivity contribution in [2.24, 2.45) is 0 Å². The maximum Gasteiger partial charge on any atom is 0.210 e. The molecule has 0 aliphatic rings. The fourth-order valence-corrected chi connectivity index (χ4v) is 1.77. The number of amides is 1. The van der Waals surface area contributed by atoms with Gasteiger partial charge < -0.3 is 15.3 Å². The molecule has 0 bridgehead atoms. The molecule has 0 saturated carbocycles. The SMILES string of the molecule is CC(C)=CNCCN(C=O)Cc1cc(F)ccc1CO. The molecule has 0 spiro atoms. The van der Waals surface area contributed by atoms with Crippen molar-refractivity contribution in [3.63, 3.8) is 0 Å². The Hall–Kier alpha value is -1.88. The summed E-state index contributed by atoms with van der Waals surface area (Å²) in [4.78, 5) is 12.6. The van der Waals surface area contributed by atoms with Crippen LogP contribution in [0.3, 0.4) is 0 Å². The van der Waals surface area contributed by atoms with E-state index in [2.05, 4.69) is 5.32 Å². The van der Waals surface area contributed by atoms with Crippen molar-refractivity contribution >= 4 is 6.41 Å². The van der Waals surface area contributed by atoms with Crippen molar-refractivity contribution in [3.05, 3.63) is 46.9 Å². The molecule has 4 nitrogen and oxygen atoms in total. The van der Waals surface area contributed by atoms with E-state index >= 15 is 0 Å². The molecule has 20 heavy (non-hydrogen) atoms. The van der Waals surface area contributed by atoms with Crippen LogP contribution in [0.15, 0.2) is 30.0 Å². The summed E-state index contributed by atoms with van der Waals surface area (Å²) in [7, 11) is 0. The highest BCUT2D eigenvalue weighted by atomic mass is 19.1. The van der Waals surface area contributed by atoms with Crippen LogP contribution in [0.25, 0.3) is 0 Å². The largest absolute Gasteiger partial charge is 0.392 e. The summed E-state index contributed by atoms with van der Waals surface area (Å²) in [5.74, 6) is -0.370. The number of carbonyl (C=O) groups excluding carboxylic acids is 1. The number of aliphatic hydroxyl groups is 1. The number of carbonyl (C=O) groups is 1. The molecule has 0 heterocycles. The second-order valence-electron chi connectivity index (χ2n) is 4.82. The molecule has 0 aromatic heterocycles. The number of nitrogens with zero attached hydrogens (tertiary/aromatic N) is 1. The molecule has 5 heteroatoms. The fraction of sp³-hybridized carbons (Fsp3) is 0.400. The molecule has 1 rings (SSSR count). The van der Waals surface area contributed by atoms with E-state index in [1.807, 2.05) is 20.0 Å². The Balaban J connectivity index is 2.61. The van der Waals surface area contributed by atoms with Crippen LogP contribution in [0.1, 0.15) is 25.0 Å². The number of hydrogen-bond donors (Lipinski definition) is 2.